The Hall–Kier alpha value is -2.25. The van der Waals surface area contributed by atoms with Crippen molar-refractivity contribution in [1.82, 2.24) is 20.0 Å². The molecule has 220 valence electrons. The summed E-state index contributed by atoms with van der Waals surface area (Å²) in [5.74, 6) is 0.239. The third kappa shape index (κ3) is 5.99. The first-order chi connectivity index (χ1) is 19.9. The van der Waals surface area contributed by atoms with Gasteiger partial charge in [0.2, 0.25) is 5.91 Å². The predicted molar refractivity (Wildman–Crippen MR) is 163 cm³/mol. The molecule has 0 bridgehead atoms. The fourth-order valence-electron chi connectivity index (χ4n) is 7.61. The number of rotatable bonds is 5. The normalized spacial score (nSPS) is 33.7. The minimum Gasteiger partial charge on any atom is -0.464 e. The zero-order valence-corrected chi connectivity index (χ0v) is 25.5. The predicted octanol–water partition coefficient (Wildman–Crippen LogP) is 4.29. The van der Waals surface area contributed by atoms with Crippen molar-refractivity contribution in [1.29, 1.82) is 5.26 Å². The number of amidine groups is 1. The van der Waals surface area contributed by atoms with Gasteiger partial charge in [-0.3, -0.25) is 9.69 Å². The number of ether oxygens (including phenoxy) is 1. The van der Waals surface area contributed by atoms with Crippen molar-refractivity contribution in [2.45, 2.75) is 85.3 Å². The standard InChI is InChI=1S/C31H41ClN6O2S/c1-3-28(39)38-16-15-37(19-23(38)10-13-33)29-25-9-12-31(11-8-21-6-7-22(32)17-27(21)41-31)18-26(25)34-30(35-29)40-20-24-5-4-14-36(24)2/h3,6-7,17,23-26,29H,1,4-5,8-12,14-16,18-20H2,2H3,(H,34,35)/t23?,24?,25?,26?,29?,31-/m0/s1. The molecular formula is C31H41ClN6O2S. The Morgan fingerprint density at radius 2 is 2.20 bits per heavy atom. The molecular weight excluding hydrogens is 556 g/mol. The molecule has 5 aliphatic rings. The minimum atomic E-state index is -0.163. The maximum absolute atomic E-state index is 12.5. The van der Waals surface area contributed by atoms with Gasteiger partial charge in [-0.25, -0.2) is 4.99 Å². The van der Waals surface area contributed by atoms with E-state index in [-0.39, 0.29) is 28.9 Å². The van der Waals surface area contributed by atoms with Crippen LogP contribution in [0.2, 0.25) is 5.02 Å². The van der Waals surface area contributed by atoms with E-state index in [2.05, 4.69) is 46.9 Å². The van der Waals surface area contributed by atoms with Gasteiger partial charge in [-0.05, 0) is 82.3 Å². The van der Waals surface area contributed by atoms with Gasteiger partial charge >= 0.3 is 0 Å². The van der Waals surface area contributed by atoms with Crippen LogP contribution in [-0.4, -0.2) is 95.5 Å². The Bertz CT molecular complexity index is 1240. The number of aliphatic imine (C=N–C) groups is 1. The molecule has 1 amide bonds. The lowest BCUT2D eigenvalue weighted by molar-refractivity contribution is -0.131. The summed E-state index contributed by atoms with van der Waals surface area (Å²) in [7, 11) is 2.17. The largest absolute Gasteiger partial charge is 0.464 e. The van der Waals surface area contributed by atoms with Gasteiger partial charge < -0.3 is 19.9 Å². The van der Waals surface area contributed by atoms with Crippen molar-refractivity contribution >= 4 is 35.3 Å². The van der Waals surface area contributed by atoms with E-state index in [4.69, 9.17) is 21.3 Å². The molecule has 3 fully saturated rings. The zero-order chi connectivity index (χ0) is 28.6. The first-order valence-electron chi connectivity index (χ1n) is 15.1. The van der Waals surface area contributed by atoms with E-state index in [1.807, 2.05) is 17.8 Å². The number of thioether (sulfide) groups is 1. The fraction of sp³-hybridized carbons (Fsp3) is 0.645. The summed E-state index contributed by atoms with van der Waals surface area (Å²) >= 11 is 8.41. The highest BCUT2D eigenvalue weighted by molar-refractivity contribution is 8.00. The molecule has 4 aliphatic heterocycles. The number of likely N-dealkylation sites (tertiary alicyclic amines) is 1. The molecule has 4 heterocycles. The van der Waals surface area contributed by atoms with E-state index in [9.17, 15) is 10.1 Å². The van der Waals surface area contributed by atoms with Crippen LogP contribution in [0.3, 0.4) is 0 Å². The molecule has 41 heavy (non-hydrogen) atoms. The SMILES string of the molecule is C=CC(=O)N1CCN(C2N=C(OCC3CCCN3C)NC3C[C@]4(CCc5ccc(Cl)cc5S4)CCC32)CC1CC#N. The second-order valence-corrected chi connectivity index (χ2v) is 14.3. The molecule has 1 aliphatic carbocycles. The number of hydrogen-bond donors (Lipinski definition) is 1. The second kappa shape index (κ2) is 12.2. The Kier molecular flexibility index (Phi) is 8.56. The van der Waals surface area contributed by atoms with Gasteiger partial charge in [0.15, 0.2) is 0 Å². The number of carbonyl (C=O) groups excluding carboxylic acids is 1. The molecule has 1 aromatic carbocycles. The molecule has 1 aromatic rings. The maximum atomic E-state index is 12.5. The van der Waals surface area contributed by atoms with Crippen LogP contribution >= 0.6 is 23.4 Å². The number of fused-ring (bicyclic) bond motifs is 2. The molecule has 0 radical (unpaired) electrons. The summed E-state index contributed by atoms with van der Waals surface area (Å²) in [6.45, 7) is 7.36. The summed E-state index contributed by atoms with van der Waals surface area (Å²) in [6.07, 6.45) is 9.49. The van der Waals surface area contributed by atoms with Crippen LogP contribution in [-0.2, 0) is 16.0 Å². The molecule has 1 N–H and O–H groups in total. The molecule has 0 aromatic heterocycles. The molecule has 1 saturated carbocycles. The average Bonchev–Trinajstić information content (AvgIpc) is 3.39. The monoisotopic (exact) mass is 596 g/mol. The van der Waals surface area contributed by atoms with Gasteiger partial charge in [-0.15, -0.1) is 11.8 Å². The van der Waals surface area contributed by atoms with Crippen molar-refractivity contribution in [2.24, 2.45) is 10.9 Å². The van der Waals surface area contributed by atoms with Crippen LogP contribution in [0.15, 0.2) is 40.7 Å². The molecule has 10 heteroatoms. The molecule has 6 rings (SSSR count). The quantitative estimate of drug-likeness (QED) is 0.508. The number of nitriles is 1. The Morgan fingerprint density at radius 3 is 2.98 bits per heavy atom. The van der Waals surface area contributed by atoms with Crippen molar-refractivity contribution in [3.63, 3.8) is 0 Å². The zero-order valence-electron chi connectivity index (χ0n) is 23.9. The summed E-state index contributed by atoms with van der Waals surface area (Å²) < 4.78 is 6.59. The lowest BCUT2D eigenvalue weighted by Crippen LogP contribution is -2.64. The van der Waals surface area contributed by atoms with E-state index < -0.39 is 0 Å². The lowest BCUT2D eigenvalue weighted by atomic mass is 9.73. The van der Waals surface area contributed by atoms with E-state index in [0.29, 0.717) is 44.1 Å². The number of carbonyl (C=O) groups is 1. The molecule has 5 unspecified atom stereocenters. The summed E-state index contributed by atoms with van der Waals surface area (Å²) in [5.41, 5.74) is 1.41. The van der Waals surface area contributed by atoms with Crippen molar-refractivity contribution in [3.8, 4) is 6.07 Å². The number of amides is 1. The van der Waals surface area contributed by atoms with E-state index >= 15 is 0 Å². The lowest BCUT2D eigenvalue weighted by Gasteiger charge is -2.52. The number of nitrogens with zero attached hydrogens (tertiary/aromatic N) is 5. The van der Waals surface area contributed by atoms with Crippen molar-refractivity contribution < 1.29 is 9.53 Å². The number of piperazine rings is 1. The Labute approximate surface area is 253 Å². The van der Waals surface area contributed by atoms with Gasteiger partial charge in [-0.2, -0.15) is 5.26 Å². The van der Waals surface area contributed by atoms with Gasteiger partial charge in [-0.1, -0.05) is 24.2 Å². The van der Waals surface area contributed by atoms with Gasteiger partial charge in [0, 0.05) is 52.3 Å². The van der Waals surface area contributed by atoms with Crippen LogP contribution in [0.1, 0.15) is 50.5 Å². The smallest absolute Gasteiger partial charge is 0.286 e. The summed E-state index contributed by atoms with van der Waals surface area (Å²) in [6, 6.07) is 9.78. The number of halogens is 1. The first kappa shape index (κ1) is 28.9. The number of aryl methyl sites for hydroxylation is 1. The van der Waals surface area contributed by atoms with E-state index in [1.54, 1.807) is 4.90 Å². The van der Waals surface area contributed by atoms with E-state index in [0.717, 1.165) is 56.6 Å². The topological polar surface area (TPSA) is 84.2 Å². The van der Waals surface area contributed by atoms with Crippen LogP contribution in [0.5, 0.6) is 0 Å². The van der Waals surface area contributed by atoms with E-state index in [1.165, 1.54) is 23.0 Å². The molecule has 1 spiro atoms. The molecule has 8 nitrogen and oxygen atoms in total. The molecule has 2 saturated heterocycles. The highest BCUT2D eigenvalue weighted by atomic mass is 35.5. The summed E-state index contributed by atoms with van der Waals surface area (Å²) in [5, 5.41) is 14.1. The van der Waals surface area contributed by atoms with Crippen molar-refractivity contribution in [3.05, 3.63) is 41.4 Å². The highest BCUT2D eigenvalue weighted by Crippen LogP contribution is 2.53. The Balaban J connectivity index is 1.23. The van der Waals surface area contributed by atoms with Crippen LogP contribution in [0.25, 0.3) is 0 Å². The first-order valence-corrected chi connectivity index (χ1v) is 16.3. The third-order valence-electron chi connectivity index (χ3n) is 9.95. The van der Waals surface area contributed by atoms with Gasteiger partial charge in [0.1, 0.15) is 12.8 Å². The fourth-order valence-corrected chi connectivity index (χ4v) is 9.49. The van der Waals surface area contributed by atoms with Gasteiger partial charge in [0.25, 0.3) is 6.02 Å². The second-order valence-electron chi connectivity index (χ2n) is 12.4. The minimum absolute atomic E-state index is 0.0348. The summed E-state index contributed by atoms with van der Waals surface area (Å²) in [4.78, 5) is 25.7. The highest BCUT2D eigenvalue weighted by Gasteiger charge is 2.49. The molecule has 6 atom stereocenters. The van der Waals surface area contributed by atoms with Crippen LogP contribution in [0, 0.1) is 17.2 Å². The third-order valence-corrected chi connectivity index (χ3v) is 11.8. The average molecular weight is 597 g/mol. The number of nitrogens with one attached hydrogen (secondary N) is 1. The van der Waals surface area contributed by atoms with Crippen molar-refractivity contribution in [2.75, 3.05) is 39.8 Å². The van der Waals surface area contributed by atoms with Crippen LogP contribution in [0.4, 0.5) is 0 Å². The Morgan fingerprint density at radius 1 is 1.32 bits per heavy atom. The maximum Gasteiger partial charge on any atom is 0.286 e. The number of likely N-dealkylation sites (N-methyl/N-ethyl adjacent to an activating group) is 1. The van der Waals surface area contributed by atoms with Crippen LogP contribution < -0.4 is 5.32 Å². The van der Waals surface area contributed by atoms with Gasteiger partial charge in [0.05, 0.1) is 18.5 Å². The number of benzene rings is 1. The number of hydrogen-bond acceptors (Lipinski definition) is 8.